The second-order valence-electron chi connectivity index (χ2n) is 4.47. The van der Waals surface area contributed by atoms with Gasteiger partial charge in [-0.1, -0.05) is 0 Å². The number of carboxylic acid groups (broad SMARTS) is 1. The fourth-order valence-corrected chi connectivity index (χ4v) is 2.38. The summed E-state index contributed by atoms with van der Waals surface area (Å²) >= 11 is 0. The number of nitrogens with zero attached hydrogens (tertiary/aromatic N) is 4. The monoisotopic (exact) mass is 269 g/mol. The van der Waals surface area contributed by atoms with Gasteiger partial charge in [-0.25, -0.2) is 9.48 Å². The normalized spacial score (nSPS) is 19.2. The molecule has 1 aliphatic heterocycles. The second kappa shape index (κ2) is 5.12. The lowest BCUT2D eigenvalue weighted by Gasteiger charge is -2.33. The van der Waals surface area contributed by atoms with E-state index in [1.165, 1.54) is 10.9 Å². The van der Waals surface area contributed by atoms with Crippen LogP contribution in [-0.2, 0) is 7.05 Å². The summed E-state index contributed by atoms with van der Waals surface area (Å²) in [7, 11) is 1.64. The fraction of sp³-hybridized carbons (Fsp3) is 0.600. The van der Waals surface area contributed by atoms with Crippen molar-refractivity contribution in [3.63, 3.8) is 0 Å². The molecule has 0 bridgehead atoms. The molecule has 0 aliphatic carbocycles. The fourth-order valence-electron chi connectivity index (χ4n) is 2.38. The molecule has 104 valence electrons. The number of aryl methyl sites for hydroxylation is 1. The zero-order valence-electron chi connectivity index (χ0n) is 10.4. The Morgan fingerprint density at radius 1 is 1.68 bits per heavy atom. The van der Waals surface area contributed by atoms with E-state index in [1.807, 2.05) is 0 Å². The number of rotatable bonds is 3. The maximum Gasteiger partial charge on any atom is 0.404 e. The number of nitrogens with one attached hydrogen (secondary N) is 1. The van der Waals surface area contributed by atoms with Gasteiger partial charge in [0.15, 0.2) is 0 Å². The van der Waals surface area contributed by atoms with Gasteiger partial charge in [0.2, 0.25) is 5.82 Å². The van der Waals surface area contributed by atoms with Crippen LogP contribution in [0.3, 0.4) is 0 Å². The molecule has 1 atom stereocenters. The van der Waals surface area contributed by atoms with Gasteiger partial charge < -0.3 is 15.3 Å². The topological polar surface area (TPSA) is 114 Å². The lowest BCUT2D eigenvalue weighted by Crippen LogP contribution is -2.48. The molecule has 1 aliphatic rings. The van der Waals surface area contributed by atoms with Gasteiger partial charge in [-0.05, 0) is 12.8 Å². The third-order valence-electron chi connectivity index (χ3n) is 3.13. The maximum atomic E-state index is 11.0. The van der Waals surface area contributed by atoms with Crippen LogP contribution in [-0.4, -0.2) is 45.0 Å². The number of nitro groups is 1. The highest BCUT2D eigenvalue weighted by atomic mass is 16.6. The molecule has 2 heterocycles. The predicted octanol–water partition coefficient (Wildman–Crippen LogP) is 0.565. The van der Waals surface area contributed by atoms with Crippen LogP contribution in [0.2, 0.25) is 0 Å². The third kappa shape index (κ3) is 2.75. The summed E-state index contributed by atoms with van der Waals surface area (Å²) in [5, 5.41) is 26.0. The zero-order chi connectivity index (χ0) is 14.0. The molecule has 9 heteroatoms. The number of hydrogen-bond donors (Lipinski definition) is 2. The first kappa shape index (κ1) is 13.1. The van der Waals surface area contributed by atoms with E-state index in [2.05, 4.69) is 10.4 Å². The van der Waals surface area contributed by atoms with Crippen LogP contribution in [0.25, 0.3) is 0 Å². The lowest BCUT2D eigenvalue weighted by molar-refractivity contribution is -0.384. The average Bonchev–Trinajstić information content (AvgIpc) is 2.70. The standard InChI is InChI=1S/C10H15N5O4/c1-13-9(8(5-11-13)15(18)19)14-4-2-3-7(6-14)12-10(16)17/h5,7,12H,2-4,6H2,1H3,(H,16,17)/t7-/m0/s1. The van der Waals surface area contributed by atoms with Crippen LogP contribution in [0.1, 0.15) is 12.8 Å². The van der Waals surface area contributed by atoms with Crippen LogP contribution in [0, 0.1) is 10.1 Å². The highest BCUT2D eigenvalue weighted by Gasteiger charge is 2.29. The summed E-state index contributed by atoms with van der Waals surface area (Å²) in [4.78, 5) is 22.9. The Morgan fingerprint density at radius 2 is 2.42 bits per heavy atom. The summed E-state index contributed by atoms with van der Waals surface area (Å²) < 4.78 is 1.45. The van der Waals surface area contributed by atoms with Crippen LogP contribution < -0.4 is 10.2 Å². The molecule has 1 amide bonds. The highest BCUT2D eigenvalue weighted by molar-refractivity contribution is 5.65. The number of carbonyl (C=O) groups is 1. The lowest BCUT2D eigenvalue weighted by atomic mass is 10.1. The molecular weight excluding hydrogens is 254 g/mol. The van der Waals surface area contributed by atoms with Gasteiger partial charge in [0.05, 0.1) is 4.92 Å². The Bertz CT molecular complexity index is 500. The number of aromatic nitrogens is 2. The van der Waals surface area contributed by atoms with Crippen molar-refractivity contribution >= 4 is 17.6 Å². The third-order valence-corrected chi connectivity index (χ3v) is 3.13. The molecule has 0 radical (unpaired) electrons. The number of anilines is 1. The minimum absolute atomic E-state index is 0.0570. The Balaban J connectivity index is 2.19. The van der Waals surface area contributed by atoms with Gasteiger partial charge in [-0.3, -0.25) is 10.1 Å². The van der Waals surface area contributed by atoms with Crippen molar-refractivity contribution in [1.29, 1.82) is 0 Å². The van der Waals surface area contributed by atoms with E-state index in [4.69, 9.17) is 5.11 Å². The largest absolute Gasteiger partial charge is 0.465 e. The summed E-state index contributed by atoms with van der Waals surface area (Å²) in [5.74, 6) is 0.418. The van der Waals surface area contributed by atoms with Crippen molar-refractivity contribution in [1.82, 2.24) is 15.1 Å². The Hall–Kier alpha value is -2.32. The summed E-state index contributed by atoms with van der Waals surface area (Å²) in [6, 6.07) is -0.222. The molecule has 19 heavy (non-hydrogen) atoms. The van der Waals surface area contributed by atoms with Gasteiger partial charge in [-0.15, -0.1) is 0 Å². The summed E-state index contributed by atoms with van der Waals surface area (Å²) in [6.07, 6.45) is 1.64. The molecule has 0 aromatic carbocycles. The average molecular weight is 269 g/mol. The zero-order valence-corrected chi connectivity index (χ0v) is 10.4. The summed E-state index contributed by atoms with van der Waals surface area (Å²) in [5.41, 5.74) is -0.0570. The quantitative estimate of drug-likeness (QED) is 0.612. The number of hydrogen-bond acceptors (Lipinski definition) is 5. The Kier molecular flexibility index (Phi) is 3.54. The van der Waals surface area contributed by atoms with E-state index in [-0.39, 0.29) is 11.7 Å². The molecule has 1 fully saturated rings. The van der Waals surface area contributed by atoms with Crippen LogP contribution >= 0.6 is 0 Å². The van der Waals surface area contributed by atoms with Crippen molar-refractivity contribution < 1.29 is 14.8 Å². The van der Waals surface area contributed by atoms with Gasteiger partial charge in [0.25, 0.3) is 0 Å². The van der Waals surface area contributed by atoms with Crippen molar-refractivity contribution in [2.24, 2.45) is 7.05 Å². The molecule has 0 spiro atoms. The molecule has 2 rings (SSSR count). The highest BCUT2D eigenvalue weighted by Crippen LogP contribution is 2.29. The first-order valence-corrected chi connectivity index (χ1v) is 5.90. The van der Waals surface area contributed by atoms with Crippen molar-refractivity contribution in [2.75, 3.05) is 18.0 Å². The molecule has 1 aromatic rings. The number of piperidine rings is 1. The van der Waals surface area contributed by atoms with Gasteiger partial charge in [0, 0.05) is 26.2 Å². The Labute approximate surface area is 109 Å². The van der Waals surface area contributed by atoms with Crippen LogP contribution in [0.5, 0.6) is 0 Å². The second-order valence-corrected chi connectivity index (χ2v) is 4.47. The van der Waals surface area contributed by atoms with Crippen LogP contribution in [0.4, 0.5) is 16.3 Å². The molecule has 0 saturated carbocycles. The van der Waals surface area contributed by atoms with Gasteiger partial charge in [0.1, 0.15) is 6.20 Å². The van der Waals surface area contributed by atoms with E-state index in [1.54, 1.807) is 11.9 Å². The molecular formula is C10H15N5O4. The van der Waals surface area contributed by atoms with E-state index in [0.717, 1.165) is 12.8 Å². The van der Waals surface area contributed by atoms with Gasteiger partial charge >= 0.3 is 11.8 Å². The minimum atomic E-state index is -1.08. The van der Waals surface area contributed by atoms with E-state index < -0.39 is 11.0 Å². The van der Waals surface area contributed by atoms with Gasteiger partial charge in [-0.2, -0.15) is 5.10 Å². The smallest absolute Gasteiger partial charge is 0.404 e. The van der Waals surface area contributed by atoms with E-state index in [9.17, 15) is 14.9 Å². The minimum Gasteiger partial charge on any atom is -0.465 e. The van der Waals surface area contributed by atoms with Crippen molar-refractivity contribution in [3.05, 3.63) is 16.3 Å². The molecule has 1 saturated heterocycles. The van der Waals surface area contributed by atoms with Crippen molar-refractivity contribution in [3.8, 4) is 0 Å². The van der Waals surface area contributed by atoms with E-state index >= 15 is 0 Å². The van der Waals surface area contributed by atoms with Crippen LogP contribution in [0.15, 0.2) is 6.20 Å². The van der Waals surface area contributed by atoms with Crippen molar-refractivity contribution in [2.45, 2.75) is 18.9 Å². The Morgan fingerprint density at radius 3 is 3.05 bits per heavy atom. The predicted molar refractivity (Wildman–Crippen MR) is 66.3 cm³/mol. The van der Waals surface area contributed by atoms with E-state index in [0.29, 0.717) is 18.9 Å². The first-order valence-electron chi connectivity index (χ1n) is 5.90. The first-order chi connectivity index (χ1) is 8.99. The SMILES string of the molecule is Cn1ncc([N+](=O)[O-])c1N1CCC[C@H](NC(=O)O)C1. The molecule has 1 aromatic heterocycles. The number of amides is 1. The molecule has 9 nitrogen and oxygen atoms in total. The molecule has 0 unspecified atom stereocenters. The molecule has 2 N–H and O–H groups in total. The maximum absolute atomic E-state index is 11.0. The summed E-state index contributed by atoms with van der Waals surface area (Å²) in [6.45, 7) is 1.06.